The van der Waals surface area contributed by atoms with Crippen molar-refractivity contribution in [2.45, 2.75) is 69.7 Å². The van der Waals surface area contributed by atoms with Gasteiger partial charge in [-0.2, -0.15) is 0 Å². The van der Waals surface area contributed by atoms with E-state index in [1.54, 1.807) is 0 Å². The first kappa shape index (κ1) is 16.8. The number of rotatable bonds is 6. The molecule has 0 heterocycles. The Kier molecular flexibility index (Phi) is 5.80. The maximum atomic E-state index is 12.0. The van der Waals surface area contributed by atoms with E-state index in [-0.39, 0.29) is 30.7 Å². The van der Waals surface area contributed by atoms with Gasteiger partial charge in [-0.3, -0.25) is 9.59 Å². The van der Waals surface area contributed by atoms with E-state index < -0.39 is 11.5 Å². The van der Waals surface area contributed by atoms with E-state index in [4.69, 9.17) is 0 Å². The molecule has 0 aromatic carbocycles. The predicted octanol–water partition coefficient (Wildman–Crippen LogP) is 1.59. The molecular weight excluding hydrogens is 284 g/mol. The summed E-state index contributed by atoms with van der Waals surface area (Å²) >= 11 is 0. The first-order valence-electron chi connectivity index (χ1n) is 8.36. The molecule has 0 bridgehead atoms. The van der Waals surface area contributed by atoms with Crippen LogP contribution in [0.3, 0.4) is 0 Å². The Morgan fingerprint density at radius 1 is 1.00 bits per heavy atom. The van der Waals surface area contributed by atoms with Crippen molar-refractivity contribution in [3.05, 3.63) is 0 Å². The average molecular weight is 310 g/mol. The van der Waals surface area contributed by atoms with E-state index in [0.29, 0.717) is 12.8 Å². The zero-order chi connectivity index (χ0) is 16.0. The van der Waals surface area contributed by atoms with Crippen molar-refractivity contribution >= 4 is 17.8 Å². The summed E-state index contributed by atoms with van der Waals surface area (Å²) in [6.07, 6.45) is 7.83. The Bertz CT molecular complexity index is 424. The molecule has 22 heavy (non-hydrogen) atoms. The lowest BCUT2D eigenvalue weighted by Crippen LogP contribution is -2.55. The third-order valence-corrected chi connectivity index (χ3v) is 4.87. The predicted molar refractivity (Wildman–Crippen MR) is 81.2 cm³/mol. The lowest BCUT2D eigenvalue weighted by atomic mass is 9.81. The van der Waals surface area contributed by atoms with E-state index in [1.165, 1.54) is 0 Å². The zero-order valence-electron chi connectivity index (χ0n) is 13.0. The molecule has 2 rings (SSSR count). The third kappa shape index (κ3) is 4.21. The molecule has 6 heteroatoms. The smallest absolute Gasteiger partial charge is 0.329 e. The zero-order valence-corrected chi connectivity index (χ0v) is 13.0. The van der Waals surface area contributed by atoms with Crippen molar-refractivity contribution in [2.24, 2.45) is 5.92 Å². The number of nitrogens with one attached hydrogen (secondary N) is 2. The minimum atomic E-state index is -1.11. The quantitative estimate of drug-likeness (QED) is 0.694. The summed E-state index contributed by atoms with van der Waals surface area (Å²) in [4.78, 5) is 35.3. The molecule has 2 saturated carbocycles. The molecule has 0 aromatic rings. The summed E-state index contributed by atoms with van der Waals surface area (Å²) in [7, 11) is 0. The number of carbonyl (C=O) groups excluding carboxylic acids is 2. The molecule has 0 aromatic heterocycles. The van der Waals surface area contributed by atoms with Crippen molar-refractivity contribution in [1.29, 1.82) is 0 Å². The molecule has 3 N–H and O–H groups in total. The minimum absolute atomic E-state index is 0.0240. The lowest BCUT2D eigenvalue weighted by Gasteiger charge is -2.34. The van der Waals surface area contributed by atoms with Crippen LogP contribution in [0.15, 0.2) is 0 Å². The third-order valence-electron chi connectivity index (χ3n) is 4.87. The minimum Gasteiger partial charge on any atom is -0.480 e. The fraction of sp³-hybridized carbons (Fsp3) is 0.812. The van der Waals surface area contributed by atoms with Crippen LogP contribution >= 0.6 is 0 Å². The van der Waals surface area contributed by atoms with Crippen molar-refractivity contribution in [2.75, 3.05) is 6.54 Å². The summed E-state index contributed by atoms with van der Waals surface area (Å²) in [5.41, 5.74) is -1.11. The average Bonchev–Trinajstić information content (AvgIpc) is 3.02. The van der Waals surface area contributed by atoms with Crippen LogP contribution in [0.1, 0.15) is 64.2 Å². The molecular formula is C16H26N2O4. The van der Waals surface area contributed by atoms with Gasteiger partial charge in [-0.15, -0.1) is 0 Å². The van der Waals surface area contributed by atoms with Gasteiger partial charge in [0.05, 0.1) is 0 Å². The highest BCUT2D eigenvalue weighted by atomic mass is 16.4. The van der Waals surface area contributed by atoms with Gasteiger partial charge in [0.2, 0.25) is 11.8 Å². The monoisotopic (exact) mass is 310 g/mol. The molecule has 0 unspecified atom stereocenters. The molecule has 2 aliphatic rings. The van der Waals surface area contributed by atoms with Gasteiger partial charge in [0.1, 0.15) is 5.54 Å². The number of carboxylic acids is 1. The number of aliphatic carboxylic acids is 1. The largest absolute Gasteiger partial charge is 0.480 e. The van der Waals surface area contributed by atoms with Gasteiger partial charge in [0.25, 0.3) is 0 Å². The van der Waals surface area contributed by atoms with Crippen LogP contribution in [0.2, 0.25) is 0 Å². The molecule has 0 atom stereocenters. The van der Waals surface area contributed by atoms with E-state index in [0.717, 1.165) is 44.9 Å². The maximum Gasteiger partial charge on any atom is 0.329 e. The highest BCUT2D eigenvalue weighted by Crippen LogP contribution is 2.28. The lowest BCUT2D eigenvalue weighted by molar-refractivity contribution is -0.149. The summed E-state index contributed by atoms with van der Waals surface area (Å²) in [5.74, 6) is -1.13. The number of amides is 2. The summed E-state index contributed by atoms with van der Waals surface area (Å²) in [6, 6.07) is 0. The number of carbonyl (C=O) groups is 3. The van der Waals surface area contributed by atoms with Crippen LogP contribution in [-0.4, -0.2) is 35.0 Å². The van der Waals surface area contributed by atoms with Crippen molar-refractivity contribution in [3.8, 4) is 0 Å². The number of hydrogen-bond acceptors (Lipinski definition) is 3. The van der Waals surface area contributed by atoms with E-state index in [1.807, 2.05) is 0 Å². The van der Waals surface area contributed by atoms with Gasteiger partial charge in [-0.1, -0.05) is 32.1 Å². The topological polar surface area (TPSA) is 95.5 Å². The standard InChI is InChI=1S/C16H26N2O4/c19-13(8-11-17-14(20)12-6-2-3-7-12)18-16(15(21)22)9-4-1-5-10-16/h12H,1-11H2,(H,17,20)(H,18,19)(H,21,22). The van der Waals surface area contributed by atoms with Crippen LogP contribution in [-0.2, 0) is 14.4 Å². The second-order valence-electron chi connectivity index (χ2n) is 6.52. The highest BCUT2D eigenvalue weighted by molar-refractivity contribution is 5.87. The molecule has 0 spiro atoms. The van der Waals surface area contributed by atoms with Crippen molar-refractivity contribution in [3.63, 3.8) is 0 Å². The summed E-state index contributed by atoms with van der Waals surface area (Å²) in [6.45, 7) is 0.275. The van der Waals surface area contributed by atoms with Crippen molar-refractivity contribution in [1.82, 2.24) is 10.6 Å². The molecule has 0 aliphatic heterocycles. The Morgan fingerprint density at radius 2 is 1.64 bits per heavy atom. The van der Waals surface area contributed by atoms with Crippen molar-refractivity contribution < 1.29 is 19.5 Å². The Morgan fingerprint density at radius 3 is 2.23 bits per heavy atom. The fourth-order valence-corrected chi connectivity index (χ4v) is 3.51. The van der Waals surface area contributed by atoms with E-state index >= 15 is 0 Å². The molecule has 2 fully saturated rings. The van der Waals surface area contributed by atoms with Crippen LogP contribution in [0, 0.1) is 5.92 Å². The van der Waals surface area contributed by atoms with Gasteiger partial charge in [-0.25, -0.2) is 4.79 Å². The molecule has 0 saturated heterocycles. The van der Waals surface area contributed by atoms with Gasteiger partial charge >= 0.3 is 5.97 Å². The van der Waals surface area contributed by atoms with Gasteiger partial charge in [0.15, 0.2) is 0 Å². The molecule has 6 nitrogen and oxygen atoms in total. The Balaban J connectivity index is 1.74. The molecule has 124 valence electrons. The first-order chi connectivity index (χ1) is 10.5. The second kappa shape index (κ2) is 7.61. The molecule has 0 radical (unpaired) electrons. The SMILES string of the molecule is O=C(CCNC(=O)C1CCCC1)NC1(C(=O)O)CCCCC1. The summed E-state index contributed by atoms with van der Waals surface area (Å²) in [5, 5.41) is 14.9. The van der Waals surface area contributed by atoms with E-state index in [2.05, 4.69) is 10.6 Å². The Hall–Kier alpha value is -1.59. The van der Waals surface area contributed by atoms with Crippen LogP contribution in [0.5, 0.6) is 0 Å². The van der Waals surface area contributed by atoms with Crippen LogP contribution < -0.4 is 10.6 Å². The Labute approximate surface area is 131 Å². The molecule has 2 amide bonds. The highest BCUT2D eigenvalue weighted by Gasteiger charge is 2.40. The number of carboxylic acid groups (broad SMARTS) is 1. The van der Waals surface area contributed by atoms with Gasteiger partial charge in [-0.05, 0) is 25.7 Å². The summed E-state index contributed by atoms with van der Waals surface area (Å²) < 4.78 is 0. The van der Waals surface area contributed by atoms with Crippen LogP contribution in [0.4, 0.5) is 0 Å². The fourth-order valence-electron chi connectivity index (χ4n) is 3.51. The second-order valence-corrected chi connectivity index (χ2v) is 6.52. The van der Waals surface area contributed by atoms with Gasteiger partial charge < -0.3 is 15.7 Å². The number of hydrogen-bond donors (Lipinski definition) is 3. The normalized spacial score (nSPS) is 21.3. The molecule has 2 aliphatic carbocycles. The first-order valence-corrected chi connectivity index (χ1v) is 8.36. The van der Waals surface area contributed by atoms with E-state index in [9.17, 15) is 19.5 Å². The maximum absolute atomic E-state index is 12.0. The van der Waals surface area contributed by atoms with Gasteiger partial charge in [0, 0.05) is 18.9 Å². The van der Waals surface area contributed by atoms with Crippen LogP contribution in [0.25, 0.3) is 0 Å².